The Kier molecular flexibility index (Phi) is 4.37. The number of carbonyl (C=O) groups excluding carboxylic acids is 1. The highest BCUT2D eigenvalue weighted by Gasteiger charge is 2.35. The van der Waals surface area contributed by atoms with Crippen molar-refractivity contribution in [1.82, 2.24) is 4.90 Å². The van der Waals surface area contributed by atoms with Crippen LogP contribution in [0.15, 0.2) is 0 Å². The molecule has 1 aliphatic rings. The third kappa shape index (κ3) is 3.97. The van der Waals surface area contributed by atoms with E-state index >= 15 is 0 Å². The van der Waals surface area contributed by atoms with Gasteiger partial charge in [0.15, 0.2) is 9.84 Å². The summed E-state index contributed by atoms with van der Waals surface area (Å²) in [6.45, 7) is 3.87. The lowest BCUT2D eigenvalue weighted by Crippen LogP contribution is -2.38. The number of nitrogens with zero attached hydrogens (tertiary/aromatic N) is 1. The van der Waals surface area contributed by atoms with Crippen LogP contribution in [-0.2, 0) is 19.4 Å². The molecule has 0 aromatic rings. The Morgan fingerprint density at radius 1 is 1.22 bits per heavy atom. The molecule has 1 N–H and O–H groups in total. The zero-order chi connectivity index (χ0) is 14.0. The SMILES string of the molecule is CC(C)(CS(=O)(=O)CC(=O)N1CCCC1)C(=O)O. The van der Waals surface area contributed by atoms with Crippen molar-refractivity contribution in [2.24, 2.45) is 5.41 Å². The lowest BCUT2D eigenvalue weighted by atomic mass is 9.97. The van der Waals surface area contributed by atoms with Crippen LogP contribution in [0.5, 0.6) is 0 Å². The lowest BCUT2D eigenvalue weighted by molar-refractivity contribution is -0.145. The van der Waals surface area contributed by atoms with Gasteiger partial charge in [-0.1, -0.05) is 0 Å². The molecule has 0 bridgehead atoms. The van der Waals surface area contributed by atoms with Crippen LogP contribution in [0.1, 0.15) is 26.7 Å². The third-order valence-corrected chi connectivity index (χ3v) is 4.81. The largest absolute Gasteiger partial charge is 0.481 e. The van der Waals surface area contributed by atoms with Crippen LogP contribution in [0.3, 0.4) is 0 Å². The Bertz CT molecular complexity index is 434. The molecule has 1 aliphatic heterocycles. The maximum Gasteiger partial charge on any atom is 0.310 e. The Balaban J connectivity index is 2.64. The monoisotopic (exact) mass is 277 g/mol. The van der Waals surface area contributed by atoms with Crippen molar-refractivity contribution in [2.45, 2.75) is 26.7 Å². The maximum absolute atomic E-state index is 11.8. The van der Waals surface area contributed by atoms with Crippen molar-refractivity contribution in [2.75, 3.05) is 24.6 Å². The van der Waals surface area contributed by atoms with E-state index in [1.807, 2.05) is 0 Å². The average molecular weight is 277 g/mol. The van der Waals surface area contributed by atoms with Crippen LogP contribution < -0.4 is 0 Å². The number of carbonyl (C=O) groups is 2. The van der Waals surface area contributed by atoms with E-state index in [0.717, 1.165) is 12.8 Å². The summed E-state index contributed by atoms with van der Waals surface area (Å²) in [6, 6.07) is 0. The molecule has 1 rings (SSSR count). The van der Waals surface area contributed by atoms with E-state index in [1.54, 1.807) is 0 Å². The normalized spacial score (nSPS) is 16.9. The topological polar surface area (TPSA) is 91.8 Å². The molecule has 7 heteroatoms. The molecule has 0 aromatic carbocycles. The van der Waals surface area contributed by atoms with Gasteiger partial charge in [-0.15, -0.1) is 0 Å². The molecule has 0 saturated carbocycles. The highest BCUT2D eigenvalue weighted by Crippen LogP contribution is 2.19. The second-order valence-electron chi connectivity index (χ2n) is 5.31. The fourth-order valence-electron chi connectivity index (χ4n) is 1.91. The minimum absolute atomic E-state index is 0.423. The van der Waals surface area contributed by atoms with E-state index in [9.17, 15) is 18.0 Å². The molecule has 0 unspecified atom stereocenters. The molecule has 1 fully saturated rings. The third-order valence-electron chi connectivity index (χ3n) is 2.96. The van der Waals surface area contributed by atoms with Gasteiger partial charge in [-0.05, 0) is 26.7 Å². The van der Waals surface area contributed by atoms with Crippen molar-refractivity contribution >= 4 is 21.7 Å². The van der Waals surface area contributed by atoms with E-state index < -0.39 is 38.6 Å². The van der Waals surface area contributed by atoms with Crippen LogP contribution in [0.2, 0.25) is 0 Å². The molecule has 0 radical (unpaired) electrons. The quantitative estimate of drug-likeness (QED) is 0.771. The average Bonchev–Trinajstić information content (AvgIpc) is 2.66. The Morgan fingerprint density at radius 3 is 2.17 bits per heavy atom. The summed E-state index contributed by atoms with van der Waals surface area (Å²) in [5.41, 5.74) is -1.37. The summed E-state index contributed by atoms with van der Waals surface area (Å²) in [7, 11) is -3.69. The number of likely N-dealkylation sites (tertiary alicyclic amines) is 1. The van der Waals surface area contributed by atoms with E-state index in [1.165, 1.54) is 18.7 Å². The zero-order valence-corrected chi connectivity index (χ0v) is 11.5. The first-order valence-corrected chi connectivity index (χ1v) is 7.68. The Morgan fingerprint density at radius 2 is 1.72 bits per heavy atom. The fraction of sp³-hybridized carbons (Fsp3) is 0.818. The molecule has 0 aromatic heterocycles. The predicted molar refractivity (Wildman–Crippen MR) is 65.9 cm³/mol. The first kappa shape index (κ1) is 14.9. The molecular formula is C11H19NO5S. The van der Waals surface area contributed by atoms with Crippen molar-refractivity contribution in [3.05, 3.63) is 0 Å². The van der Waals surface area contributed by atoms with Gasteiger partial charge in [-0.3, -0.25) is 9.59 Å². The number of sulfone groups is 1. The van der Waals surface area contributed by atoms with Gasteiger partial charge < -0.3 is 10.0 Å². The standard InChI is InChI=1S/C11H19NO5S/c1-11(2,10(14)15)8-18(16,17)7-9(13)12-5-3-4-6-12/h3-8H2,1-2H3,(H,14,15). The summed E-state index contributed by atoms with van der Waals surface area (Å²) in [5.74, 6) is -2.72. The highest BCUT2D eigenvalue weighted by atomic mass is 32.2. The molecule has 1 amide bonds. The number of rotatable bonds is 5. The number of carboxylic acid groups (broad SMARTS) is 1. The number of carboxylic acids is 1. The Hall–Kier alpha value is -1.11. The minimum atomic E-state index is -3.69. The van der Waals surface area contributed by atoms with Gasteiger partial charge in [0.25, 0.3) is 0 Å². The van der Waals surface area contributed by atoms with Crippen molar-refractivity contribution in [3.8, 4) is 0 Å². The molecule has 104 valence electrons. The van der Waals surface area contributed by atoms with Crippen molar-refractivity contribution < 1.29 is 23.1 Å². The predicted octanol–water partition coefficient (Wildman–Crippen LogP) is 0.134. The lowest BCUT2D eigenvalue weighted by Gasteiger charge is -2.20. The van der Waals surface area contributed by atoms with Crippen LogP contribution >= 0.6 is 0 Å². The Labute approximate surface area is 107 Å². The molecule has 0 aliphatic carbocycles. The summed E-state index contributed by atoms with van der Waals surface area (Å²) < 4.78 is 23.6. The van der Waals surface area contributed by atoms with Crippen LogP contribution in [0, 0.1) is 5.41 Å². The molecular weight excluding hydrogens is 258 g/mol. The fourth-order valence-corrected chi connectivity index (χ4v) is 3.79. The van der Waals surface area contributed by atoms with Gasteiger partial charge in [-0.2, -0.15) is 0 Å². The maximum atomic E-state index is 11.8. The smallest absolute Gasteiger partial charge is 0.310 e. The van der Waals surface area contributed by atoms with Gasteiger partial charge >= 0.3 is 5.97 Å². The molecule has 1 heterocycles. The van der Waals surface area contributed by atoms with Gasteiger partial charge in [0.2, 0.25) is 5.91 Å². The molecule has 18 heavy (non-hydrogen) atoms. The molecule has 0 spiro atoms. The van der Waals surface area contributed by atoms with Crippen LogP contribution in [0.25, 0.3) is 0 Å². The van der Waals surface area contributed by atoms with Crippen molar-refractivity contribution in [3.63, 3.8) is 0 Å². The summed E-state index contributed by atoms with van der Waals surface area (Å²) in [6.07, 6.45) is 1.79. The zero-order valence-electron chi connectivity index (χ0n) is 10.7. The van der Waals surface area contributed by atoms with E-state index in [4.69, 9.17) is 5.11 Å². The van der Waals surface area contributed by atoms with Crippen LogP contribution in [-0.4, -0.2) is 54.9 Å². The van der Waals surface area contributed by atoms with Gasteiger partial charge in [0, 0.05) is 13.1 Å². The summed E-state index contributed by atoms with van der Waals surface area (Å²) in [4.78, 5) is 24.1. The first-order valence-electron chi connectivity index (χ1n) is 5.86. The van der Waals surface area contributed by atoms with Crippen LogP contribution in [0.4, 0.5) is 0 Å². The van der Waals surface area contributed by atoms with Gasteiger partial charge in [0.1, 0.15) is 5.75 Å². The van der Waals surface area contributed by atoms with E-state index in [2.05, 4.69) is 0 Å². The number of amides is 1. The van der Waals surface area contributed by atoms with Gasteiger partial charge in [-0.25, -0.2) is 8.42 Å². The summed E-state index contributed by atoms with van der Waals surface area (Å²) >= 11 is 0. The molecule has 6 nitrogen and oxygen atoms in total. The number of hydrogen-bond acceptors (Lipinski definition) is 4. The van der Waals surface area contributed by atoms with Crippen molar-refractivity contribution in [1.29, 1.82) is 0 Å². The molecule has 0 atom stereocenters. The van der Waals surface area contributed by atoms with Gasteiger partial charge in [0.05, 0.1) is 11.2 Å². The second-order valence-corrected chi connectivity index (χ2v) is 7.37. The first-order chi connectivity index (χ1) is 8.14. The second kappa shape index (κ2) is 5.26. The minimum Gasteiger partial charge on any atom is -0.481 e. The summed E-state index contributed by atoms with van der Waals surface area (Å²) in [5, 5.41) is 8.89. The number of aliphatic carboxylic acids is 1. The highest BCUT2D eigenvalue weighted by molar-refractivity contribution is 7.92. The van der Waals surface area contributed by atoms with E-state index in [0.29, 0.717) is 13.1 Å². The van der Waals surface area contributed by atoms with E-state index in [-0.39, 0.29) is 0 Å². The molecule has 1 saturated heterocycles. The number of hydrogen-bond donors (Lipinski definition) is 1.